The fourth-order valence-corrected chi connectivity index (χ4v) is 1.88. The highest BCUT2D eigenvalue weighted by molar-refractivity contribution is 5.47. The summed E-state index contributed by atoms with van der Waals surface area (Å²) in [6, 6.07) is 5.47. The Bertz CT molecular complexity index is 499. The number of nitrogens with zero attached hydrogens (tertiary/aromatic N) is 3. The van der Waals surface area contributed by atoms with Gasteiger partial charge in [-0.1, -0.05) is 11.2 Å². The smallest absolute Gasteiger partial charge is 0.244 e. The molecule has 0 saturated carbocycles. The van der Waals surface area contributed by atoms with Gasteiger partial charge in [0, 0.05) is 12.7 Å². The van der Waals surface area contributed by atoms with E-state index in [1.807, 2.05) is 18.2 Å². The predicted octanol–water partition coefficient (Wildman–Crippen LogP) is 0.527. The van der Waals surface area contributed by atoms with Crippen molar-refractivity contribution in [1.29, 1.82) is 0 Å². The van der Waals surface area contributed by atoms with Gasteiger partial charge in [0.1, 0.15) is 5.69 Å². The molecule has 0 aliphatic carbocycles. The second-order valence-electron chi connectivity index (χ2n) is 4.02. The molecular formula is C11H12N4O2. The van der Waals surface area contributed by atoms with Crippen molar-refractivity contribution in [2.45, 2.75) is 18.6 Å². The van der Waals surface area contributed by atoms with Crippen LogP contribution in [-0.2, 0) is 0 Å². The predicted molar refractivity (Wildman–Crippen MR) is 58.9 cm³/mol. The Hall–Kier alpha value is -1.79. The molecule has 2 N–H and O–H groups in total. The summed E-state index contributed by atoms with van der Waals surface area (Å²) >= 11 is 0. The van der Waals surface area contributed by atoms with Crippen LogP contribution in [0.1, 0.15) is 18.4 Å². The van der Waals surface area contributed by atoms with E-state index in [1.165, 1.54) is 0 Å². The maximum Gasteiger partial charge on any atom is 0.244 e. The molecule has 0 bridgehead atoms. The van der Waals surface area contributed by atoms with Gasteiger partial charge < -0.3 is 14.9 Å². The summed E-state index contributed by atoms with van der Waals surface area (Å²) in [5.41, 5.74) is 0.682. The fourth-order valence-electron chi connectivity index (χ4n) is 1.88. The molecule has 1 saturated heterocycles. The van der Waals surface area contributed by atoms with Crippen LogP contribution in [0.3, 0.4) is 0 Å². The number of hydrogen-bond donors (Lipinski definition) is 2. The first-order chi connectivity index (χ1) is 8.33. The monoisotopic (exact) mass is 232 g/mol. The van der Waals surface area contributed by atoms with Gasteiger partial charge in [0.15, 0.2) is 0 Å². The Morgan fingerprint density at radius 2 is 2.35 bits per heavy atom. The minimum absolute atomic E-state index is 0.0602. The molecule has 3 heterocycles. The number of rotatable bonds is 2. The van der Waals surface area contributed by atoms with E-state index >= 15 is 0 Å². The van der Waals surface area contributed by atoms with Crippen molar-refractivity contribution >= 4 is 0 Å². The number of β-amino-alcohol motifs (C(OH)–C–C–N with tert-alkyl or cyclic N) is 1. The third-order valence-corrected chi connectivity index (χ3v) is 2.74. The van der Waals surface area contributed by atoms with Crippen molar-refractivity contribution in [2.75, 3.05) is 6.54 Å². The Kier molecular flexibility index (Phi) is 2.58. The largest absolute Gasteiger partial charge is 0.392 e. The van der Waals surface area contributed by atoms with E-state index in [0.29, 0.717) is 30.4 Å². The zero-order valence-electron chi connectivity index (χ0n) is 9.08. The maximum atomic E-state index is 9.42. The SMILES string of the molecule is OC1CN[C@H](c2nc(-c3ccccn3)no2)C1. The van der Waals surface area contributed by atoms with Gasteiger partial charge in [-0.3, -0.25) is 4.98 Å². The molecule has 1 aliphatic heterocycles. The van der Waals surface area contributed by atoms with E-state index in [4.69, 9.17) is 4.52 Å². The number of pyridine rings is 1. The van der Waals surface area contributed by atoms with Gasteiger partial charge in [-0.15, -0.1) is 0 Å². The minimum Gasteiger partial charge on any atom is -0.392 e. The number of hydrogen-bond acceptors (Lipinski definition) is 6. The topological polar surface area (TPSA) is 84.1 Å². The molecule has 17 heavy (non-hydrogen) atoms. The minimum atomic E-state index is -0.342. The lowest BCUT2D eigenvalue weighted by molar-refractivity contribution is 0.191. The standard InChI is InChI=1S/C11H12N4O2/c16-7-5-9(13-6-7)11-14-10(15-17-11)8-3-1-2-4-12-8/h1-4,7,9,13,16H,5-6H2/t7?,9-/m0/s1. The number of aromatic nitrogens is 3. The second-order valence-corrected chi connectivity index (χ2v) is 4.02. The molecular weight excluding hydrogens is 220 g/mol. The molecule has 2 aromatic rings. The van der Waals surface area contributed by atoms with E-state index in [-0.39, 0.29) is 12.1 Å². The van der Waals surface area contributed by atoms with Crippen LogP contribution in [0.15, 0.2) is 28.9 Å². The van der Waals surface area contributed by atoms with Gasteiger partial charge in [0.05, 0.1) is 12.1 Å². The van der Waals surface area contributed by atoms with Crippen LogP contribution in [0.4, 0.5) is 0 Å². The van der Waals surface area contributed by atoms with Gasteiger partial charge in [0.2, 0.25) is 11.7 Å². The van der Waals surface area contributed by atoms with Gasteiger partial charge in [-0.25, -0.2) is 0 Å². The average molecular weight is 232 g/mol. The first kappa shape index (κ1) is 10.4. The third kappa shape index (κ3) is 2.04. The van der Waals surface area contributed by atoms with Crippen LogP contribution in [0.5, 0.6) is 0 Å². The first-order valence-corrected chi connectivity index (χ1v) is 5.49. The van der Waals surface area contributed by atoms with E-state index in [2.05, 4.69) is 20.4 Å². The lowest BCUT2D eigenvalue weighted by atomic mass is 10.2. The van der Waals surface area contributed by atoms with Gasteiger partial charge >= 0.3 is 0 Å². The van der Waals surface area contributed by atoms with E-state index in [0.717, 1.165) is 0 Å². The van der Waals surface area contributed by atoms with Crippen LogP contribution >= 0.6 is 0 Å². The summed E-state index contributed by atoms with van der Waals surface area (Å²) < 4.78 is 5.18. The van der Waals surface area contributed by atoms with Crippen LogP contribution in [0.2, 0.25) is 0 Å². The molecule has 2 atom stereocenters. The quantitative estimate of drug-likeness (QED) is 0.785. The molecule has 1 aliphatic rings. The van der Waals surface area contributed by atoms with Crippen molar-refractivity contribution < 1.29 is 9.63 Å². The van der Waals surface area contributed by atoms with Crippen molar-refractivity contribution in [3.63, 3.8) is 0 Å². The van der Waals surface area contributed by atoms with Gasteiger partial charge in [-0.05, 0) is 18.6 Å². The molecule has 6 nitrogen and oxygen atoms in total. The van der Waals surface area contributed by atoms with E-state index in [9.17, 15) is 5.11 Å². The third-order valence-electron chi connectivity index (χ3n) is 2.74. The van der Waals surface area contributed by atoms with Crippen molar-refractivity contribution in [1.82, 2.24) is 20.4 Å². The highest BCUT2D eigenvalue weighted by Gasteiger charge is 2.28. The molecule has 0 aromatic carbocycles. The van der Waals surface area contributed by atoms with Crippen LogP contribution in [0, 0.1) is 0 Å². The molecule has 1 unspecified atom stereocenters. The average Bonchev–Trinajstić information content (AvgIpc) is 2.98. The molecule has 0 spiro atoms. The summed E-state index contributed by atoms with van der Waals surface area (Å²) in [6.45, 7) is 0.561. The molecule has 3 rings (SSSR count). The maximum absolute atomic E-state index is 9.42. The van der Waals surface area contributed by atoms with E-state index < -0.39 is 0 Å². The summed E-state index contributed by atoms with van der Waals surface area (Å²) in [4.78, 5) is 8.43. The number of aliphatic hydroxyl groups excluding tert-OH is 1. The Balaban J connectivity index is 1.84. The lowest BCUT2D eigenvalue weighted by Gasteiger charge is -2.01. The van der Waals surface area contributed by atoms with Gasteiger partial charge in [-0.2, -0.15) is 4.98 Å². The van der Waals surface area contributed by atoms with Crippen LogP contribution in [-0.4, -0.2) is 32.9 Å². The zero-order chi connectivity index (χ0) is 11.7. The number of nitrogens with one attached hydrogen (secondary N) is 1. The molecule has 0 radical (unpaired) electrons. The number of aliphatic hydroxyl groups is 1. The normalized spacial score (nSPS) is 24.1. The summed E-state index contributed by atoms with van der Waals surface area (Å²) in [7, 11) is 0. The molecule has 0 amide bonds. The zero-order valence-corrected chi connectivity index (χ0v) is 9.08. The molecule has 6 heteroatoms. The highest BCUT2D eigenvalue weighted by Crippen LogP contribution is 2.23. The highest BCUT2D eigenvalue weighted by atomic mass is 16.5. The molecule has 1 fully saturated rings. The Labute approximate surface area is 97.7 Å². The van der Waals surface area contributed by atoms with E-state index in [1.54, 1.807) is 6.20 Å². The summed E-state index contributed by atoms with van der Waals surface area (Å²) in [5.74, 6) is 0.978. The lowest BCUT2D eigenvalue weighted by Crippen LogP contribution is -2.15. The Morgan fingerprint density at radius 1 is 1.41 bits per heavy atom. The van der Waals surface area contributed by atoms with Crippen LogP contribution < -0.4 is 5.32 Å². The first-order valence-electron chi connectivity index (χ1n) is 5.49. The van der Waals surface area contributed by atoms with Crippen molar-refractivity contribution in [2.24, 2.45) is 0 Å². The van der Waals surface area contributed by atoms with Crippen molar-refractivity contribution in [3.8, 4) is 11.5 Å². The van der Waals surface area contributed by atoms with Crippen LogP contribution in [0.25, 0.3) is 11.5 Å². The fraction of sp³-hybridized carbons (Fsp3) is 0.364. The Morgan fingerprint density at radius 3 is 3.06 bits per heavy atom. The second kappa shape index (κ2) is 4.23. The van der Waals surface area contributed by atoms with Crippen molar-refractivity contribution in [3.05, 3.63) is 30.3 Å². The molecule has 88 valence electrons. The summed E-state index contributed by atoms with van der Waals surface area (Å²) in [5, 5.41) is 16.4. The van der Waals surface area contributed by atoms with Gasteiger partial charge in [0.25, 0.3) is 0 Å². The molecule has 2 aromatic heterocycles. The summed E-state index contributed by atoms with van der Waals surface area (Å²) in [6.07, 6.45) is 1.94.